The number of rotatable bonds is 4. The number of nitrogens with zero attached hydrogens (tertiary/aromatic N) is 1. The van der Waals surface area contributed by atoms with E-state index in [1.165, 1.54) is 9.78 Å². The van der Waals surface area contributed by atoms with Crippen molar-refractivity contribution in [2.75, 3.05) is 13.1 Å². The van der Waals surface area contributed by atoms with Gasteiger partial charge < -0.3 is 20.1 Å². The Hall–Kier alpha value is -1.31. The van der Waals surface area contributed by atoms with Gasteiger partial charge in [0.1, 0.15) is 5.60 Å². The third-order valence-electron chi connectivity index (χ3n) is 3.70. The molecule has 0 aliphatic carbocycles. The molecular formula is C16H25ClN2O4S. The van der Waals surface area contributed by atoms with Crippen molar-refractivity contribution in [3.05, 3.63) is 22.4 Å². The van der Waals surface area contributed by atoms with Gasteiger partial charge in [0.25, 0.3) is 0 Å². The maximum absolute atomic E-state index is 12.1. The molecule has 136 valence electrons. The first-order valence-electron chi connectivity index (χ1n) is 7.73. The van der Waals surface area contributed by atoms with Gasteiger partial charge in [-0.2, -0.15) is 0 Å². The van der Waals surface area contributed by atoms with Crippen LogP contribution in [0.2, 0.25) is 0 Å². The topological polar surface area (TPSA) is 78.9 Å². The average Bonchev–Trinajstić information content (AvgIpc) is 2.96. The Morgan fingerprint density at radius 1 is 1.46 bits per heavy atom. The van der Waals surface area contributed by atoms with Gasteiger partial charge >= 0.3 is 12.1 Å². The van der Waals surface area contributed by atoms with Crippen LogP contribution in [0.15, 0.2) is 17.5 Å². The normalized spacial score (nSPS) is 21.0. The molecule has 1 saturated heterocycles. The van der Waals surface area contributed by atoms with Crippen molar-refractivity contribution >= 4 is 35.8 Å². The van der Waals surface area contributed by atoms with Crippen LogP contribution in [0.5, 0.6) is 0 Å². The highest BCUT2D eigenvalue weighted by atomic mass is 35.5. The third kappa shape index (κ3) is 5.96. The zero-order valence-electron chi connectivity index (χ0n) is 14.2. The summed E-state index contributed by atoms with van der Waals surface area (Å²) in [6.07, 6.45) is 0.155. The van der Waals surface area contributed by atoms with Crippen LogP contribution in [0, 0.1) is 5.92 Å². The highest BCUT2D eigenvalue weighted by molar-refractivity contribution is 7.09. The summed E-state index contributed by atoms with van der Waals surface area (Å²) in [5.41, 5.74) is -0.579. The molecule has 1 aliphatic heterocycles. The molecule has 0 spiro atoms. The van der Waals surface area contributed by atoms with Crippen molar-refractivity contribution in [1.29, 1.82) is 0 Å². The molecule has 1 fully saturated rings. The molecule has 24 heavy (non-hydrogen) atoms. The summed E-state index contributed by atoms with van der Waals surface area (Å²) in [5.74, 6) is -1.52. The number of thiophene rings is 1. The molecule has 0 aromatic carbocycles. The van der Waals surface area contributed by atoms with Gasteiger partial charge in [-0.1, -0.05) is 6.07 Å². The fraction of sp³-hybridized carbons (Fsp3) is 0.625. The maximum Gasteiger partial charge on any atom is 0.410 e. The van der Waals surface area contributed by atoms with E-state index in [2.05, 4.69) is 5.32 Å². The number of likely N-dealkylation sites (tertiary alicyclic amines) is 1. The fourth-order valence-electron chi connectivity index (χ4n) is 2.58. The number of hydrogen-bond acceptors (Lipinski definition) is 5. The third-order valence-corrected chi connectivity index (χ3v) is 4.58. The van der Waals surface area contributed by atoms with Crippen molar-refractivity contribution < 1.29 is 19.4 Å². The summed E-state index contributed by atoms with van der Waals surface area (Å²) in [5, 5.41) is 14.8. The number of carboxylic acids is 1. The molecular weight excluding hydrogens is 352 g/mol. The quantitative estimate of drug-likeness (QED) is 0.844. The summed E-state index contributed by atoms with van der Waals surface area (Å²) in [4.78, 5) is 26.4. The largest absolute Gasteiger partial charge is 0.481 e. The lowest BCUT2D eigenvalue weighted by Gasteiger charge is -2.37. The van der Waals surface area contributed by atoms with Gasteiger partial charge in [0.2, 0.25) is 0 Å². The molecule has 0 bridgehead atoms. The smallest absolute Gasteiger partial charge is 0.410 e. The minimum absolute atomic E-state index is 0. The minimum atomic E-state index is -0.887. The van der Waals surface area contributed by atoms with Gasteiger partial charge in [-0.15, -0.1) is 23.7 Å². The van der Waals surface area contributed by atoms with Crippen LogP contribution in [0.4, 0.5) is 4.79 Å². The molecule has 8 heteroatoms. The molecule has 2 atom stereocenters. The van der Waals surface area contributed by atoms with Gasteiger partial charge in [-0.3, -0.25) is 4.79 Å². The Kier molecular flexibility index (Phi) is 7.51. The number of piperidine rings is 1. The molecule has 6 nitrogen and oxygen atoms in total. The van der Waals surface area contributed by atoms with Crippen molar-refractivity contribution in [2.45, 2.75) is 45.4 Å². The van der Waals surface area contributed by atoms with Gasteiger partial charge in [0, 0.05) is 30.6 Å². The van der Waals surface area contributed by atoms with Crippen molar-refractivity contribution in [2.24, 2.45) is 5.92 Å². The monoisotopic (exact) mass is 376 g/mol. The number of halogens is 1. The summed E-state index contributed by atoms with van der Waals surface area (Å²) in [6.45, 7) is 6.73. The lowest BCUT2D eigenvalue weighted by molar-refractivity contribution is -0.144. The van der Waals surface area contributed by atoms with Crippen LogP contribution < -0.4 is 5.32 Å². The minimum Gasteiger partial charge on any atom is -0.481 e. The lowest BCUT2D eigenvalue weighted by Crippen LogP contribution is -2.54. The Labute approximate surface area is 152 Å². The molecule has 1 amide bonds. The fourth-order valence-corrected chi connectivity index (χ4v) is 3.24. The summed E-state index contributed by atoms with van der Waals surface area (Å²) >= 11 is 1.64. The first-order chi connectivity index (χ1) is 10.8. The molecule has 1 aliphatic rings. The van der Waals surface area contributed by atoms with Crippen LogP contribution in [-0.2, 0) is 16.1 Å². The van der Waals surface area contributed by atoms with E-state index in [0.717, 1.165) is 0 Å². The molecule has 0 saturated carbocycles. The summed E-state index contributed by atoms with van der Waals surface area (Å²) in [6, 6.07) is 3.85. The molecule has 2 unspecified atom stereocenters. The van der Waals surface area contributed by atoms with Gasteiger partial charge in [0.05, 0.1) is 5.92 Å². The van der Waals surface area contributed by atoms with Crippen molar-refractivity contribution in [1.82, 2.24) is 10.2 Å². The van der Waals surface area contributed by atoms with Gasteiger partial charge in [0.15, 0.2) is 0 Å². The van der Waals surface area contributed by atoms with E-state index in [4.69, 9.17) is 4.74 Å². The predicted molar refractivity (Wildman–Crippen MR) is 95.7 cm³/mol. The number of nitrogens with one attached hydrogen (secondary N) is 1. The Balaban J connectivity index is 0.00000288. The second kappa shape index (κ2) is 8.69. The highest BCUT2D eigenvalue weighted by Gasteiger charge is 2.37. The van der Waals surface area contributed by atoms with E-state index in [9.17, 15) is 14.7 Å². The van der Waals surface area contributed by atoms with Gasteiger partial charge in [-0.05, 0) is 38.6 Å². The standard InChI is InChI=1S/C16H24N2O4S.ClH/c1-16(2,3)22-15(21)18-7-6-13(12(10-18)14(19)20)17-9-11-5-4-8-23-11;/h4-5,8,12-13,17H,6-7,9-10H2,1-3H3,(H,19,20);1H. The van der Waals surface area contributed by atoms with E-state index in [0.29, 0.717) is 19.5 Å². The number of carbonyl (C=O) groups is 2. The Morgan fingerprint density at radius 2 is 2.17 bits per heavy atom. The van der Waals surface area contributed by atoms with E-state index in [1.807, 2.05) is 17.5 Å². The predicted octanol–water partition coefficient (Wildman–Crippen LogP) is 2.97. The number of hydrogen-bond donors (Lipinski definition) is 2. The molecule has 2 heterocycles. The number of carboxylic acid groups (broad SMARTS) is 1. The summed E-state index contributed by atoms with van der Waals surface area (Å²) in [7, 11) is 0. The summed E-state index contributed by atoms with van der Waals surface area (Å²) < 4.78 is 5.33. The second-order valence-electron chi connectivity index (χ2n) is 6.73. The maximum atomic E-state index is 12.1. The molecule has 2 rings (SSSR count). The van der Waals surface area contributed by atoms with Crippen molar-refractivity contribution in [3.8, 4) is 0 Å². The number of amides is 1. The average molecular weight is 377 g/mol. The zero-order valence-corrected chi connectivity index (χ0v) is 15.8. The van der Waals surface area contributed by atoms with Crippen molar-refractivity contribution in [3.63, 3.8) is 0 Å². The van der Waals surface area contributed by atoms with Gasteiger partial charge in [-0.25, -0.2) is 4.79 Å². The Morgan fingerprint density at radius 3 is 2.71 bits per heavy atom. The number of carbonyl (C=O) groups excluding carboxylic acids is 1. The van der Waals surface area contributed by atoms with E-state index in [1.54, 1.807) is 32.1 Å². The van der Waals surface area contributed by atoms with E-state index >= 15 is 0 Å². The first kappa shape index (κ1) is 20.7. The zero-order chi connectivity index (χ0) is 17.0. The number of ether oxygens (including phenoxy) is 1. The van der Waals surface area contributed by atoms with Crippen LogP contribution in [0.25, 0.3) is 0 Å². The van der Waals surface area contributed by atoms with E-state index < -0.39 is 23.6 Å². The van der Waals surface area contributed by atoms with Crippen LogP contribution in [-0.4, -0.2) is 46.8 Å². The van der Waals surface area contributed by atoms with Crippen LogP contribution in [0.1, 0.15) is 32.1 Å². The van der Waals surface area contributed by atoms with Crippen LogP contribution >= 0.6 is 23.7 Å². The molecule has 1 aromatic heterocycles. The van der Waals surface area contributed by atoms with Crippen LogP contribution in [0.3, 0.4) is 0 Å². The first-order valence-corrected chi connectivity index (χ1v) is 8.61. The second-order valence-corrected chi connectivity index (χ2v) is 7.76. The SMILES string of the molecule is CC(C)(C)OC(=O)N1CCC(NCc2cccs2)C(C(=O)O)C1.Cl. The highest BCUT2D eigenvalue weighted by Crippen LogP contribution is 2.21. The Bertz CT molecular complexity index is 545. The molecule has 1 aromatic rings. The molecule has 0 radical (unpaired) electrons. The van der Waals surface area contributed by atoms with E-state index in [-0.39, 0.29) is 25.0 Å². The number of aliphatic carboxylic acids is 1. The lowest BCUT2D eigenvalue weighted by atomic mass is 9.92. The molecule has 2 N–H and O–H groups in total.